The predicted octanol–water partition coefficient (Wildman–Crippen LogP) is 1.50. The summed E-state index contributed by atoms with van der Waals surface area (Å²) < 4.78 is 0. The van der Waals surface area contributed by atoms with E-state index in [4.69, 9.17) is 11.6 Å². The summed E-state index contributed by atoms with van der Waals surface area (Å²) in [4.78, 5) is 7.57. The van der Waals surface area contributed by atoms with Gasteiger partial charge in [-0.1, -0.05) is 17.5 Å². The number of nitrogens with zero attached hydrogens (tertiary/aromatic N) is 2. The van der Waals surface area contributed by atoms with Gasteiger partial charge in [-0.2, -0.15) is 0 Å². The van der Waals surface area contributed by atoms with Crippen molar-refractivity contribution in [2.75, 3.05) is 0 Å². The molecule has 3 heteroatoms. The molecule has 2 nitrogen and oxygen atoms in total. The Labute approximate surface area is 64.3 Å². The Balaban J connectivity index is 3.03. The first-order valence-corrected chi connectivity index (χ1v) is 3.11. The summed E-state index contributed by atoms with van der Waals surface area (Å²) in [5.74, 6) is 5.48. The van der Waals surface area contributed by atoms with E-state index in [1.165, 1.54) is 6.33 Å². The maximum atomic E-state index is 5.56. The average molecular weight is 153 g/mol. The Morgan fingerprint density at radius 1 is 1.50 bits per heavy atom. The van der Waals surface area contributed by atoms with E-state index >= 15 is 0 Å². The van der Waals surface area contributed by atoms with Crippen molar-refractivity contribution in [3.63, 3.8) is 0 Å². The molecule has 1 rings (SSSR count). The van der Waals surface area contributed by atoms with Gasteiger partial charge in [0, 0.05) is 6.07 Å². The lowest BCUT2D eigenvalue weighted by molar-refractivity contribution is 1.15. The summed E-state index contributed by atoms with van der Waals surface area (Å²) in [7, 11) is 0. The van der Waals surface area contributed by atoms with Crippen LogP contribution in [0.5, 0.6) is 0 Å². The lowest BCUT2D eigenvalue weighted by Gasteiger charge is -1.87. The van der Waals surface area contributed by atoms with E-state index in [9.17, 15) is 0 Å². The minimum absolute atomic E-state index is 0.424. The van der Waals surface area contributed by atoms with Crippen LogP contribution in [0.1, 0.15) is 12.6 Å². The summed E-state index contributed by atoms with van der Waals surface area (Å²) in [5.41, 5.74) is 0.655. The van der Waals surface area contributed by atoms with E-state index in [-0.39, 0.29) is 0 Å². The fourth-order valence-electron chi connectivity index (χ4n) is 0.530. The molecular formula is C7H5ClN2. The van der Waals surface area contributed by atoms with Gasteiger partial charge in [-0.15, -0.1) is 0 Å². The molecule has 1 heterocycles. The molecule has 0 spiro atoms. The standard InChI is InChI=1S/C7H5ClN2/c1-2-3-6-4-7(8)10-5-9-6/h4-5H,1H3. The molecule has 0 radical (unpaired) electrons. The van der Waals surface area contributed by atoms with Crippen LogP contribution >= 0.6 is 11.6 Å². The summed E-state index contributed by atoms with van der Waals surface area (Å²) >= 11 is 5.56. The van der Waals surface area contributed by atoms with E-state index in [2.05, 4.69) is 21.8 Å². The second-order valence-corrected chi connectivity index (χ2v) is 1.99. The SMILES string of the molecule is CC#Cc1cc(Cl)ncn1. The third-order valence-corrected chi connectivity index (χ3v) is 1.09. The number of rotatable bonds is 0. The molecule has 0 saturated carbocycles. The van der Waals surface area contributed by atoms with Crippen LogP contribution in [0.25, 0.3) is 0 Å². The Hall–Kier alpha value is -1.07. The van der Waals surface area contributed by atoms with Gasteiger partial charge in [0.15, 0.2) is 0 Å². The van der Waals surface area contributed by atoms with Crippen molar-refractivity contribution in [3.8, 4) is 11.8 Å². The molecule has 0 amide bonds. The molecule has 0 aliphatic heterocycles. The van der Waals surface area contributed by atoms with E-state index < -0.39 is 0 Å². The van der Waals surface area contributed by atoms with Gasteiger partial charge < -0.3 is 0 Å². The molecule has 0 fully saturated rings. The molecule has 10 heavy (non-hydrogen) atoms. The number of aromatic nitrogens is 2. The van der Waals surface area contributed by atoms with Crippen molar-refractivity contribution in [2.24, 2.45) is 0 Å². The fourth-order valence-corrected chi connectivity index (χ4v) is 0.677. The molecule has 0 bridgehead atoms. The molecule has 0 saturated heterocycles. The smallest absolute Gasteiger partial charge is 0.133 e. The second-order valence-electron chi connectivity index (χ2n) is 1.60. The zero-order chi connectivity index (χ0) is 7.40. The number of hydrogen-bond acceptors (Lipinski definition) is 2. The van der Waals surface area contributed by atoms with Gasteiger partial charge in [-0.25, -0.2) is 9.97 Å². The van der Waals surface area contributed by atoms with Crippen molar-refractivity contribution >= 4 is 11.6 Å². The molecule has 0 N–H and O–H groups in total. The highest BCUT2D eigenvalue weighted by molar-refractivity contribution is 6.29. The average Bonchev–Trinajstić information content (AvgIpc) is 1.88. The summed E-state index contributed by atoms with van der Waals surface area (Å²) in [5, 5.41) is 0.424. The first kappa shape index (κ1) is 7.04. The second kappa shape index (κ2) is 3.19. The van der Waals surface area contributed by atoms with Crippen LogP contribution in [0.2, 0.25) is 5.15 Å². The lowest BCUT2D eigenvalue weighted by atomic mass is 10.4. The Morgan fingerprint density at radius 3 is 2.90 bits per heavy atom. The van der Waals surface area contributed by atoms with Crippen LogP contribution in [-0.2, 0) is 0 Å². The van der Waals surface area contributed by atoms with Crippen molar-refractivity contribution in [3.05, 3.63) is 23.2 Å². The van der Waals surface area contributed by atoms with Crippen LogP contribution in [0, 0.1) is 11.8 Å². The van der Waals surface area contributed by atoms with Crippen LogP contribution < -0.4 is 0 Å². The van der Waals surface area contributed by atoms with Gasteiger partial charge in [0.05, 0.1) is 0 Å². The van der Waals surface area contributed by atoms with Gasteiger partial charge in [0.2, 0.25) is 0 Å². The Bertz CT molecular complexity index is 285. The maximum Gasteiger partial charge on any atom is 0.133 e. The zero-order valence-electron chi connectivity index (χ0n) is 5.43. The molecule has 0 atom stereocenters. The van der Waals surface area contributed by atoms with Crippen LogP contribution in [0.3, 0.4) is 0 Å². The topological polar surface area (TPSA) is 25.8 Å². The van der Waals surface area contributed by atoms with Crippen molar-refractivity contribution in [1.82, 2.24) is 9.97 Å². The lowest BCUT2D eigenvalue weighted by Crippen LogP contribution is -1.83. The first-order valence-electron chi connectivity index (χ1n) is 2.73. The fraction of sp³-hybridized carbons (Fsp3) is 0.143. The third kappa shape index (κ3) is 1.71. The molecule has 0 aliphatic carbocycles. The predicted molar refractivity (Wildman–Crippen MR) is 39.6 cm³/mol. The zero-order valence-corrected chi connectivity index (χ0v) is 6.18. The molecule has 0 aromatic carbocycles. The molecular weight excluding hydrogens is 148 g/mol. The highest BCUT2D eigenvalue weighted by Gasteiger charge is 1.89. The van der Waals surface area contributed by atoms with Gasteiger partial charge in [-0.3, -0.25) is 0 Å². The third-order valence-electron chi connectivity index (χ3n) is 0.887. The summed E-state index contributed by atoms with van der Waals surface area (Å²) in [6.07, 6.45) is 1.39. The Morgan fingerprint density at radius 2 is 2.30 bits per heavy atom. The van der Waals surface area contributed by atoms with E-state index in [1.54, 1.807) is 13.0 Å². The Kier molecular flexibility index (Phi) is 2.24. The number of hydrogen-bond donors (Lipinski definition) is 0. The van der Waals surface area contributed by atoms with Gasteiger partial charge in [-0.05, 0) is 12.8 Å². The normalized spacial score (nSPS) is 8.20. The van der Waals surface area contributed by atoms with E-state index in [0.717, 1.165) is 0 Å². The van der Waals surface area contributed by atoms with Crippen LogP contribution in [0.4, 0.5) is 0 Å². The highest BCUT2D eigenvalue weighted by Crippen LogP contribution is 2.01. The minimum atomic E-state index is 0.424. The molecule has 1 aromatic rings. The van der Waals surface area contributed by atoms with Gasteiger partial charge in [0.25, 0.3) is 0 Å². The molecule has 0 aliphatic rings. The van der Waals surface area contributed by atoms with Crippen LogP contribution in [0.15, 0.2) is 12.4 Å². The van der Waals surface area contributed by atoms with E-state index in [1.807, 2.05) is 0 Å². The highest BCUT2D eigenvalue weighted by atomic mass is 35.5. The van der Waals surface area contributed by atoms with Crippen molar-refractivity contribution < 1.29 is 0 Å². The molecule has 0 unspecified atom stereocenters. The van der Waals surface area contributed by atoms with E-state index in [0.29, 0.717) is 10.8 Å². The summed E-state index contributed by atoms with van der Waals surface area (Å²) in [6, 6.07) is 1.62. The minimum Gasteiger partial charge on any atom is -0.228 e. The van der Waals surface area contributed by atoms with Gasteiger partial charge in [0.1, 0.15) is 17.2 Å². The summed E-state index contributed by atoms with van der Waals surface area (Å²) in [6.45, 7) is 1.75. The van der Waals surface area contributed by atoms with Crippen molar-refractivity contribution in [1.29, 1.82) is 0 Å². The maximum absolute atomic E-state index is 5.56. The molecule has 50 valence electrons. The largest absolute Gasteiger partial charge is 0.228 e. The first-order chi connectivity index (χ1) is 4.83. The number of halogens is 1. The van der Waals surface area contributed by atoms with Gasteiger partial charge >= 0.3 is 0 Å². The van der Waals surface area contributed by atoms with Crippen molar-refractivity contribution in [2.45, 2.75) is 6.92 Å². The van der Waals surface area contributed by atoms with Crippen LogP contribution in [-0.4, -0.2) is 9.97 Å². The monoisotopic (exact) mass is 152 g/mol. The molecule has 1 aromatic heterocycles. The quantitative estimate of drug-likeness (QED) is 0.416.